The Labute approximate surface area is 96.5 Å². The molecule has 0 amide bonds. The van der Waals surface area contributed by atoms with Gasteiger partial charge < -0.3 is 10.1 Å². The second-order valence-corrected chi connectivity index (χ2v) is 5.17. The first-order valence-electron chi connectivity index (χ1n) is 4.49. The second-order valence-electron chi connectivity index (χ2n) is 3.10. The fraction of sp³-hybridized carbons (Fsp3) is 0.400. The van der Waals surface area contributed by atoms with Crippen LogP contribution in [-0.4, -0.2) is 19.4 Å². The first-order chi connectivity index (χ1) is 6.81. The van der Waals surface area contributed by atoms with E-state index in [1.54, 1.807) is 7.11 Å². The lowest BCUT2D eigenvalue weighted by Gasteiger charge is -2.11. The lowest BCUT2D eigenvalue weighted by Crippen LogP contribution is -2.11. The Hall–Kier alpha value is -0.190. The molecule has 0 aliphatic carbocycles. The number of ether oxygens (including phenoxy) is 1. The van der Waals surface area contributed by atoms with E-state index in [0.29, 0.717) is 5.37 Å². The van der Waals surface area contributed by atoms with Crippen LogP contribution in [0, 0.1) is 0 Å². The molecule has 0 bridgehead atoms. The molecule has 1 aliphatic heterocycles. The Morgan fingerprint density at radius 2 is 2.43 bits per heavy atom. The van der Waals surface area contributed by atoms with Gasteiger partial charge in [0.1, 0.15) is 5.75 Å². The average molecular weight is 274 g/mol. The summed E-state index contributed by atoms with van der Waals surface area (Å²) >= 11 is 5.44. The SMILES string of the molecule is COc1ccc(C2NCCS2)cc1Br. The molecule has 14 heavy (non-hydrogen) atoms. The van der Waals surface area contributed by atoms with Gasteiger partial charge in [-0.2, -0.15) is 0 Å². The van der Waals surface area contributed by atoms with Gasteiger partial charge in [0.25, 0.3) is 0 Å². The molecule has 1 aromatic carbocycles. The van der Waals surface area contributed by atoms with Gasteiger partial charge in [-0.25, -0.2) is 0 Å². The monoisotopic (exact) mass is 273 g/mol. The Bertz CT molecular complexity index is 326. The summed E-state index contributed by atoms with van der Waals surface area (Å²) in [5.41, 5.74) is 1.31. The predicted molar refractivity (Wildman–Crippen MR) is 63.9 cm³/mol. The third-order valence-electron chi connectivity index (χ3n) is 2.19. The highest BCUT2D eigenvalue weighted by Crippen LogP contribution is 2.34. The van der Waals surface area contributed by atoms with E-state index in [9.17, 15) is 0 Å². The van der Waals surface area contributed by atoms with Crippen LogP contribution in [0.4, 0.5) is 0 Å². The van der Waals surface area contributed by atoms with E-state index >= 15 is 0 Å². The van der Waals surface area contributed by atoms with Crippen molar-refractivity contribution in [3.63, 3.8) is 0 Å². The van der Waals surface area contributed by atoms with Gasteiger partial charge in [0.2, 0.25) is 0 Å². The van der Waals surface area contributed by atoms with E-state index in [2.05, 4.69) is 33.4 Å². The van der Waals surface area contributed by atoms with Crippen molar-refractivity contribution < 1.29 is 4.74 Å². The van der Waals surface area contributed by atoms with Crippen LogP contribution in [0.15, 0.2) is 22.7 Å². The Kier molecular flexibility index (Phi) is 3.36. The van der Waals surface area contributed by atoms with Crippen molar-refractivity contribution in [2.75, 3.05) is 19.4 Å². The topological polar surface area (TPSA) is 21.3 Å². The first-order valence-corrected chi connectivity index (χ1v) is 6.34. The fourth-order valence-corrected chi connectivity index (χ4v) is 3.09. The van der Waals surface area contributed by atoms with Crippen molar-refractivity contribution >= 4 is 27.7 Å². The summed E-state index contributed by atoms with van der Waals surface area (Å²) in [6.07, 6.45) is 0. The highest BCUT2D eigenvalue weighted by Gasteiger charge is 2.17. The molecule has 1 aliphatic rings. The summed E-state index contributed by atoms with van der Waals surface area (Å²) in [5, 5.41) is 3.88. The summed E-state index contributed by atoms with van der Waals surface area (Å²) in [6.45, 7) is 1.10. The molecule has 0 radical (unpaired) electrons. The molecule has 1 aromatic rings. The maximum atomic E-state index is 5.19. The third-order valence-corrected chi connectivity index (χ3v) is 4.03. The molecular formula is C10H12BrNOS. The van der Waals surface area contributed by atoms with E-state index in [1.807, 2.05) is 17.8 Å². The van der Waals surface area contributed by atoms with Crippen LogP contribution >= 0.6 is 27.7 Å². The van der Waals surface area contributed by atoms with Crippen molar-refractivity contribution in [3.8, 4) is 5.75 Å². The van der Waals surface area contributed by atoms with Crippen molar-refractivity contribution in [1.29, 1.82) is 0 Å². The number of nitrogens with one attached hydrogen (secondary N) is 1. The van der Waals surface area contributed by atoms with E-state index in [4.69, 9.17) is 4.74 Å². The Morgan fingerprint density at radius 3 is 3.00 bits per heavy atom. The molecule has 1 N–H and O–H groups in total. The number of halogens is 1. The van der Waals surface area contributed by atoms with Crippen LogP contribution in [-0.2, 0) is 0 Å². The summed E-state index contributed by atoms with van der Waals surface area (Å²) in [5.74, 6) is 2.07. The Balaban J connectivity index is 2.23. The van der Waals surface area contributed by atoms with Crippen LogP contribution in [0.2, 0.25) is 0 Å². The van der Waals surface area contributed by atoms with E-state index < -0.39 is 0 Å². The largest absolute Gasteiger partial charge is 0.496 e. The smallest absolute Gasteiger partial charge is 0.133 e. The molecule has 0 aromatic heterocycles. The zero-order chi connectivity index (χ0) is 9.97. The second kappa shape index (κ2) is 4.55. The van der Waals surface area contributed by atoms with Crippen molar-refractivity contribution in [2.45, 2.75) is 5.37 Å². The summed E-state index contributed by atoms with van der Waals surface area (Å²) in [4.78, 5) is 0. The molecular weight excluding hydrogens is 262 g/mol. The van der Waals surface area contributed by atoms with Crippen LogP contribution < -0.4 is 10.1 Å². The van der Waals surface area contributed by atoms with Crippen LogP contribution in [0.3, 0.4) is 0 Å². The standard InChI is InChI=1S/C10H12BrNOS/c1-13-9-3-2-7(6-8(9)11)10-12-4-5-14-10/h2-3,6,10,12H,4-5H2,1H3. The van der Waals surface area contributed by atoms with Crippen LogP contribution in [0.1, 0.15) is 10.9 Å². The maximum absolute atomic E-state index is 5.19. The average Bonchev–Trinajstić information content (AvgIpc) is 2.70. The van der Waals surface area contributed by atoms with Crippen molar-refractivity contribution in [3.05, 3.63) is 28.2 Å². The number of hydrogen-bond donors (Lipinski definition) is 1. The lowest BCUT2D eigenvalue weighted by atomic mass is 10.2. The summed E-state index contributed by atoms with van der Waals surface area (Å²) in [6, 6.07) is 6.23. The van der Waals surface area contributed by atoms with E-state index in [1.165, 1.54) is 11.3 Å². The molecule has 1 atom stereocenters. The highest BCUT2D eigenvalue weighted by atomic mass is 79.9. The molecule has 1 unspecified atom stereocenters. The third kappa shape index (κ3) is 2.07. The lowest BCUT2D eigenvalue weighted by molar-refractivity contribution is 0.412. The van der Waals surface area contributed by atoms with Gasteiger partial charge in [-0.3, -0.25) is 0 Å². The zero-order valence-electron chi connectivity index (χ0n) is 7.92. The highest BCUT2D eigenvalue weighted by molar-refractivity contribution is 9.10. The van der Waals surface area contributed by atoms with Crippen LogP contribution in [0.25, 0.3) is 0 Å². The predicted octanol–water partition coefficient (Wildman–Crippen LogP) is 2.79. The van der Waals surface area contributed by atoms with Gasteiger partial charge in [0, 0.05) is 12.3 Å². The minimum absolute atomic E-state index is 0.442. The minimum atomic E-state index is 0.442. The normalized spacial score (nSPS) is 21.1. The maximum Gasteiger partial charge on any atom is 0.133 e. The van der Waals surface area contributed by atoms with Gasteiger partial charge in [-0.15, -0.1) is 11.8 Å². The van der Waals surface area contributed by atoms with Crippen molar-refractivity contribution in [2.24, 2.45) is 0 Å². The van der Waals surface area contributed by atoms with E-state index in [0.717, 1.165) is 16.8 Å². The quantitative estimate of drug-likeness (QED) is 0.896. The van der Waals surface area contributed by atoms with Gasteiger partial charge in [-0.05, 0) is 33.6 Å². The molecule has 4 heteroatoms. The van der Waals surface area contributed by atoms with Gasteiger partial charge >= 0.3 is 0 Å². The Morgan fingerprint density at radius 1 is 1.57 bits per heavy atom. The number of methoxy groups -OCH3 is 1. The number of thioether (sulfide) groups is 1. The molecule has 1 fully saturated rings. The number of benzene rings is 1. The number of rotatable bonds is 2. The van der Waals surface area contributed by atoms with Gasteiger partial charge in [0.15, 0.2) is 0 Å². The molecule has 76 valence electrons. The van der Waals surface area contributed by atoms with E-state index in [-0.39, 0.29) is 0 Å². The zero-order valence-corrected chi connectivity index (χ0v) is 10.3. The fourth-order valence-electron chi connectivity index (χ4n) is 1.49. The molecule has 2 nitrogen and oxygen atoms in total. The van der Waals surface area contributed by atoms with Gasteiger partial charge in [0.05, 0.1) is 17.0 Å². The number of hydrogen-bond acceptors (Lipinski definition) is 3. The molecule has 1 heterocycles. The van der Waals surface area contributed by atoms with Crippen LogP contribution in [0.5, 0.6) is 5.75 Å². The summed E-state index contributed by atoms with van der Waals surface area (Å²) < 4.78 is 6.21. The summed E-state index contributed by atoms with van der Waals surface area (Å²) in [7, 11) is 1.68. The first kappa shape index (κ1) is 10.3. The molecule has 0 saturated carbocycles. The molecule has 0 spiro atoms. The van der Waals surface area contributed by atoms with Gasteiger partial charge in [-0.1, -0.05) is 6.07 Å². The minimum Gasteiger partial charge on any atom is -0.496 e. The molecule has 2 rings (SSSR count). The van der Waals surface area contributed by atoms with Crippen molar-refractivity contribution in [1.82, 2.24) is 5.32 Å². The molecule has 1 saturated heterocycles.